The molecule has 0 aliphatic rings. The highest BCUT2D eigenvalue weighted by molar-refractivity contribution is 6.18. The van der Waals surface area contributed by atoms with Crippen LogP contribution in [0.2, 0.25) is 0 Å². The maximum absolute atomic E-state index is 5.78. The predicted octanol–water partition coefficient (Wildman–Crippen LogP) is 7.54. The first-order valence-corrected chi connectivity index (χ1v) is 11.2. The number of benzene rings is 1. The van der Waals surface area contributed by atoms with Crippen molar-refractivity contribution >= 4 is 34.8 Å². The summed E-state index contributed by atoms with van der Waals surface area (Å²) in [6.07, 6.45) is 14.4. The molecule has 0 heterocycles. The molecule has 1 aromatic carbocycles. The molecule has 0 N–H and O–H groups in total. The maximum atomic E-state index is 5.78. The molecule has 0 atom stereocenters. The smallest absolute Gasteiger partial charge is 0.0223 e. The van der Waals surface area contributed by atoms with Crippen LogP contribution in [-0.4, -0.2) is 17.6 Å². The molecule has 0 saturated carbocycles. The van der Waals surface area contributed by atoms with Crippen LogP contribution in [0.4, 0.5) is 0 Å². The number of unbranched alkanes of at least 4 members (excludes halogenated alkanes) is 6. The van der Waals surface area contributed by atoms with Crippen LogP contribution >= 0.6 is 34.8 Å². The van der Waals surface area contributed by atoms with E-state index in [-0.39, 0.29) is 0 Å². The average Bonchev–Trinajstić information content (AvgIpc) is 2.59. The van der Waals surface area contributed by atoms with E-state index in [4.69, 9.17) is 34.8 Å². The Labute approximate surface area is 164 Å². The van der Waals surface area contributed by atoms with Crippen LogP contribution < -0.4 is 0 Å². The van der Waals surface area contributed by atoms with Crippen molar-refractivity contribution in [3.63, 3.8) is 0 Å². The predicted molar refractivity (Wildman–Crippen MR) is 111 cm³/mol. The second-order valence-corrected chi connectivity index (χ2v) is 7.79. The first kappa shape index (κ1) is 22.1. The molecule has 0 amide bonds. The molecule has 0 aliphatic heterocycles. The molecular weight excluding hydrogens is 359 g/mol. The molecule has 0 aromatic heterocycles. The highest BCUT2D eigenvalue weighted by Crippen LogP contribution is 2.18. The first-order valence-electron chi connectivity index (χ1n) is 9.59. The van der Waals surface area contributed by atoms with Crippen molar-refractivity contribution in [2.24, 2.45) is 0 Å². The van der Waals surface area contributed by atoms with Gasteiger partial charge in [-0.05, 0) is 74.5 Å². The third kappa shape index (κ3) is 10.9. The van der Waals surface area contributed by atoms with Gasteiger partial charge in [0.1, 0.15) is 0 Å². The molecule has 0 spiro atoms. The zero-order valence-electron chi connectivity index (χ0n) is 15.0. The van der Waals surface area contributed by atoms with Gasteiger partial charge in [-0.25, -0.2) is 0 Å². The molecule has 3 heteroatoms. The van der Waals surface area contributed by atoms with E-state index in [1.807, 2.05) is 0 Å². The van der Waals surface area contributed by atoms with Crippen molar-refractivity contribution in [1.82, 2.24) is 0 Å². The van der Waals surface area contributed by atoms with E-state index in [1.165, 1.54) is 74.5 Å². The SMILES string of the molecule is ClCCCCCc1cc(CCCCCCl)cc(CCCCCCl)c1. The van der Waals surface area contributed by atoms with E-state index in [0.717, 1.165) is 36.9 Å². The van der Waals surface area contributed by atoms with E-state index < -0.39 is 0 Å². The summed E-state index contributed by atoms with van der Waals surface area (Å²) in [6.45, 7) is 0. The summed E-state index contributed by atoms with van der Waals surface area (Å²) >= 11 is 17.3. The zero-order valence-corrected chi connectivity index (χ0v) is 17.2. The van der Waals surface area contributed by atoms with Crippen molar-refractivity contribution in [2.45, 2.75) is 77.0 Å². The third-order valence-corrected chi connectivity index (χ3v) is 5.21. The molecule has 1 aromatic rings. The van der Waals surface area contributed by atoms with Crippen LogP contribution in [0.15, 0.2) is 18.2 Å². The fourth-order valence-electron chi connectivity index (χ4n) is 3.07. The topological polar surface area (TPSA) is 0 Å². The number of hydrogen-bond acceptors (Lipinski definition) is 0. The van der Waals surface area contributed by atoms with Gasteiger partial charge in [-0.2, -0.15) is 0 Å². The van der Waals surface area contributed by atoms with E-state index in [0.29, 0.717) is 0 Å². The highest BCUT2D eigenvalue weighted by Gasteiger charge is 2.03. The minimum atomic E-state index is 0.784. The van der Waals surface area contributed by atoms with Gasteiger partial charge in [0, 0.05) is 17.6 Å². The van der Waals surface area contributed by atoms with Gasteiger partial charge in [0.2, 0.25) is 0 Å². The second kappa shape index (κ2) is 15.4. The number of hydrogen-bond donors (Lipinski definition) is 0. The van der Waals surface area contributed by atoms with Crippen LogP contribution in [0.1, 0.15) is 74.5 Å². The van der Waals surface area contributed by atoms with Gasteiger partial charge in [0.15, 0.2) is 0 Å². The molecule has 0 nitrogen and oxygen atoms in total. The molecule has 0 bridgehead atoms. The Morgan fingerprint density at radius 3 is 0.958 bits per heavy atom. The molecule has 0 saturated heterocycles. The summed E-state index contributed by atoms with van der Waals surface area (Å²) in [5.41, 5.74) is 4.52. The van der Waals surface area contributed by atoms with Crippen LogP contribution in [0.5, 0.6) is 0 Å². The Hall–Kier alpha value is 0.0900. The fraction of sp³-hybridized carbons (Fsp3) is 0.714. The highest BCUT2D eigenvalue weighted by atomic mass is 35.5. The maximum Gasteiger partial charge on any atom is 0.0223 e. The summed E-state index contributed by atoms with van der Waals surface area (Å²) in [4.78, 5) is 0. The first-order chi connectivity index (χ1) is 11.8. The summed E-state index contributed by atoms with van der Waals surface area (Å²) < 4.78 is 0. The molecular formula is C21H33Cl3. The van der Waals surface area contributed by atoms with Crippen LogP contribution in [0.3, 0.4) is 0 Å². The van der Waals surface area contributed by atoms with Crippen molar-refractivity contribution in [3.05, 3.63) is 34.9 Å². The van der Waals surface area contributed by atoms with Crippen molar-refractivity contribution in [1.29, 1.82) is 0 Å². The van der Waals surface area contributed by atoms with Gasteiger partial charge in [-0.1, -0.05) is 37.5 Å². The van der Waals surface area contributed by atoms with Crippen molar-refractivity contribution in [3.8, 4) is 0 Å². The number of aryl methyl sites for hydroxylation is 3. The van der Waals surface area contributed by atoms with Crippen LogP contribution in [0, 0.1) is 0 Å². The monoisotopic (exact) mass is 390 g/mol. The van der Waals surface area contributed by atoms with Crippen LogP contribution in [0.25, 0.3) is 0 Å². The summed E-state index contributed by atoms with van der Waals surface area (Å²) in [5, 5.41) is 0. The Kier molecular flexibility index (Phi) is 14.2. The Morgan fingerprint density at radius 2 is 0.708 bits per heavy atom. The van der Waals surface area contributed by atoms with Gasteiger partial charge in [-0.15, -0.1) is 34.8 Å². The van der Waals surface area contributed by atoms with E-state index >= 15 is 0 Å². The molecule has 1 rings (SSSR count). The van der Waals surface area contributed by atoms with E-state index in [2.05, 4.69) is 18.2 Å². The molecule has 0 radical (unpaired) electrons. The van der Waals surface area contributed by atoms with Crippen molar-refractivity contribution < 1.29 is 0 Å². The zero-order chi connectivity index (χ0) is 17.5. The Bertz CT molecular complexity index is 343. The van der Waals surface area contributed by atoms with Gasteiger partial charge in [0.05, 0.1) is 0 Å². The van der Waals surface area contributed by atoms with Gasteiger partial charge >= 0.3 is 0 Å². The third-order valence-electron chi connectivity index (χ3n) is 4.41. The minimum Gasteiger partial charge on any atom is -0.127 e. The average molecular weight is 392 g/mol. The van der Waals surface area contributed by atoms with Gasteiger partial charge in [-0.3, -0.25) is 0 Å². The lowest BCUT2D eigenvalue weighted by atomic mass is 9.96. The summed E-state index contributed by atoms with van der Waals surface area (Å²) in [6, 6.07) is 7.26. The van der Waals surface area contributed by atoms with Crippen LogP contribution in [-0.2, 0) is 19.3 Å². The minimum absolute atomic E-state index is 0.784. The van der Waals surface area contributed by atoms with Gasteiger partial charge in [0.25, 0.3) is 0 Å². The lowest BCUT2D eigenvalue weighted by molar-refractivity contribution is 0.702. The molecule has 138 valence electrons. The van der Waals surface area contributed by atoms with Gasteiger partial charge < -0.3 is 0 Å². The molecule has 24 heavy (non-hydrogen) atoms. The molecule has 0 aliphatic carbocycles. The summed E-state index contributed by atoms with van der Waals surface area (Å²) in [7, 11) is 0. The standard InChI is InChI=1S/C21H33Cl3/c22-13-7-1-4-10-19-16-20(11-5-2-8-14-23)18-21(17-19)12-6-3-9-15-24/h16-18H,1-15H2. The van der Waals surface area contributed by atoms with Crippen molar-refractivity contribution in [2.75, 3.05) is 17.6 Å². The van der Waals surface area contributed by atoms with E-state index in [9.17, 15) is 0 Å². The number of rotatable bonds is 15. The lowest BCUT2D eigenvalue weighted by Crippen LogP contribution is -1.96. The summed E-state index contributed by atoms with van der Waals surface area (Å²) in [5.74, 6) is 2.35. The second-order valence-electron chi connectivity index (χ2n) is 6.66. The Balaban J connectivity index is 2.58. The lowest BCUT2D eigenvalue weighted by Gasteiger charge is -2.10. The number of halogens is 3. The fourth-order valence-corrected chi connectivity index (χ4v) is 3.64. The largest absolute Gasteiger partial charge is 0.127 e. The molecule has 0 fully saturated rings. The quantitative estimate of drug-likeness (QED) is 0.214. The van der Waals surface area contributed by atoms with E-state index in [1.54, 1.807) is 0 Å². The Morgan fingerprint density at radius 1 is 0.417 bits per heavy atom. The number of alkyl halides is 3. The normalized spacial score (nSPS) is 11.1. The molecule has 0 unspecified atom stereocenters.